The van der Waals surface area contributed by atoms with E-state index in [1.54, 1.807) is 0 Å². The van der Waals surface area contributed by atoms with Crippen LogP contribution in [0, 0.1) is 0 Å². The Morgan fingerprint density at radius 1 is 1.04 bits per heavy atom. The van der Waals surface area contributed by atoms with Gasteiger partial charge in [0.25, 0.3) is 0 Å². The highest BCUT2D eigenvalue weighted by Crippen LogP contribution is 2.24. The van der Waals surface area contributed by atoms with E-state index in [9.17, 15) is 0 Å². The summed E-state index contributed by atoms with van der Waals surface area (Å²) in [6.07, 6.45) is 8.70. The van der Waals surface area contributed by atoms with Crippen LogP contribution in [0.4, 0.5) is 11.8 Å². The molecule has 128 valence electrons. The summed E-state index contributed by atoms with van der Waals surface area (Å²) in [7, 11) is 0. The molecule has 1 heterocycles. The van der Waals surface area contributed by atoms with Gasteiger partial charge in [-0.25, -0.2) is 4.98 Å². The van der Waals surface area contributed by atoms with Crippen molar-refractivity contribution in [3.8, 4) is 11.3 Å². The van der Waals surface area contributed by atoms with E-state index in [0.717, 1.165) is 29.6 Å². The summed E-state index contributed by atoms with van der Waals surface area (Å²) in [5, 5.41) is 6.99. The Morgan fingerprint density at radius 3 is 2.58 bits per heavy atom. The van der Waals surface area contributed by atoms with E-state index in [1.165, 1.54) is 44.9 Å². The molecule has 0 unspecified atom stereocenters. The van der Waals surface area contributed by atoms with Gasteiger partial charge in [-0.2, -0.15) is 4.98 Å². The Balaban J connectivity index is 1.78. The minimum Gasteiger partial charge on any atom is -0.370 e. The van der Waals surface area contributed by atoms with Crippen molar-refractivity contribution in [2.45, 2.75) is 57.9 Å². The summed E-state index contributed by atoms with van der Waals surface area (Å²) in [4.78, 5) is 9.44. The van der Waals surface area contributed by atoms with Gasteiger partial charge in [0.1, 0.15) is 5.82 Å². The average Bonchev–Trinajstić information content (AvgIpc) is 3.12. The molecule has 1 saturated carbocycles. The minimum atomic E-state index is 0.518. The molecule has 0 radical (unpaired) electrons. The smallest absolute Gasteiger partial charge is 0.225 e. The lowest BCUT2D eigenvalue weighted by Gasteiger charge is -2.15. The van der Waals surface area contributed by atoms with Crippen LogP contribution in [0.25, 0.3) is 11.3 Å². The molecule has 4 heteroatoms. The third-order valence-corrected chi connectivity index (χ3v) is 4.57. The molecule has 0 bridgehead atoms. The highest BCUT2D eigenvalue weighted by atomic mass is 15.2. The predicted octanol–water partition coefficient (Wildman–Crippen LogP) is 5.10. The largest absolute Gasteiger partial charge is 0.370 e. The van der Waals surface area contributed by atoms with Crippen molar-refractivity contribution in [2.24, 2.45) is 0 Å². The zero-order chi connectivity index (χ0) is 16.6. The van der Waals surface area contributed by atoms with E-state index in [2.05, 4.69) is 52.9 Å². The molecular formula is C20H28N4. The number of hydrogen-bond acceptors (Lipinski definition) is 4. The van der Waals surface area contributed by atoms with Gasteiger partial charge >= 0.3 is 0 Å². The molecular weight excluding hydrogens is 296 g/mol. The van der Waals surface area contributed by atoms with Crippen molar-refractivity contribution in [2.75, 3.05) is 17.2 Å². The number of anilines is 2. The Labute approximate surface area is 145 Å². The summed E-state index contributed by atoms with van der Waals surface area (Å²) in [6, 6.07) is 12.9. The SMILES string of the molecule is CCCCCNc1cc(-c2ccccc2)nc(NC2CCCC2)n1. The monoisotopic (exact) mass is 324 g/mol. The number of nitrogens with one attached hydrogen (secondary N) is 2. The Hall–Kier alpha value is -2.10. The van der Waals surface area contributed by atoms with E-state index < -0.39 is 0 Å². The molecule has 0 spiro atoms. The van der Waals surface area contributed by atoms with Crippen molar-refractivity contribution in [3.63, 3.8) is 0 Å². The van der Waals surface area contributed by atoms with E-state index in [4.69, 9.17) is 4.98 Å². The topological polar surface area (TPSA) is 49.8 Å². The third-order valence-electron chi connectivity index (χ3n) is 4.57. The summed E-state index contributed by atoms with van der Waals surface area (Å²) in [5.74, 6) is 1.67. The van der Waals surface area contributed by atoms with Crippen molar-refractivity contribution >= 4 is 11.8 Å². The zero-order valence-electron chi connectivity index (χ0n) is 14.6. The van der Waals surface area contributed by atoms with Crippen LogP contribution >= 0.6 is 0 Å². The van der Waals surface area contributed by atoms with Gasteiger partial charge in [0.05, 0.1) is 5.69 Å². The second-order valence-corrected chi connectivity index (χ2v) is 6.59. The van der Waals surface area contributed by atoms with Crippen LogP contribution in [0.15, 0.2) is 36.4 Å². The van der Waals surface area contributed by atoms with Crippen molar-refractivity contribution in [1.29, 1.82) is 0 Å². The van der Waals surface area contributed by atoms with Gasteiger partial charge in [-0.3, -0.25) is 0 Å². The Bertz CT molecular complexity index is 621. The van der Waals surface area contributed by atoms with Gasteiger partial charge in [-0.05, 0) is 19.3 Å². The van der Waals surface area contributed by atoms with Crippen LogP contribution < -0.4 is 10.6 Å². The Kier molecular flexibility index (Phi) is 6.05. The Morgan fingerprint density at radius 2 is 1.83 bits per heavy atom. The van der Waals surface area contributed by atoms with E-state index in [1.807, 2.05) is 6.07 Å². The van der Waals surface area contributed by atoms with Gasteiger partial charge in [0.2, 0.25) is 5.95 Å². The van der Waals surface area contributed by atoms with E-state index >= 15 is 0 Å². The maximum Gasteiger partial charge on any atom is 0.225 e. The number of rotatable bonds is 8. The summed E-state index contributed by atoms with van der Waals surface area (Å²) < 4.78 is 0. The van der Waals surface area contributed by atoms with Crippen molar-refractivity contribution in [3.05, 3.63) is 36.4 Å². The van der Waals surface area contributed by atoms with Gasteiger partial charge in [-0.1, -0.05) is 62.9 Å². The van der Waals surface area contributed by atoms with Crippen LogP contribution in [0.5, 0.6) is 0 Å². The number of hydrogen-bond donors (Lipinski definition) is 2. The summed E-state index contributed by atoms with van der Waals surface area (Å²) >= 11 is 0. The molecule has 1 aliphatic rings. The first-order valence-electron chi connectivity index (χ1n) is 9.30. The number of aromatic nitrogens is 2. The molecule has 0 atom stereocenters. The molecule has 1 fully saturated rings. The highest BCUT2D eigenvalue weighted by Gasteiger charge is 2.16. The molecule has 1 aromatic heterocycles. The van der Waals surface area contributed by atoms with Gasteiger partial charge in [0.15, 0.2) is 0 Å². The van der Waals surface area contributed by atoms with Gasteiger partial charge < -0.3 is 10.6 Å². The van der Waals surface area contributed by atoms with E-state index in [-0.39, 0.29) is 0 Å². The number of unbranched alkanes of at least 4 members (excludes halogenated alkanes) is 2. The lowest BCUT2D eigenvalue weighted by molar-refractivity contribution is 0.737. The first-order valence-corrected chi connectivity index (χ1v) is 9.30. The second kappa shape index (κ2) is 8.67. The lowest BCUT2D eigenvalue weighted by Crippen LogP contribution is -2.17. The first-order chi connectivity index (χ1) is 11.8. The fraction of sp³-hybridized carbons (Fsp3) is 0.500. The van der Waals surface area contributed by atoms with Crippen LogP contribution in [-0.2, 0) is 0 Å². The van der Waals surface area contributed by atoms with Crippen LogP contribution in [0.3, 0.4) is 0 Å². The van der Waals surface area contributed by atoms with Crippen molar-refractivity contribution < 1.29 is 0 Å². The normalized spacial score (nSPS) is 14.7. The fourth-order valence-corrected chi connectivity index (χ4v) is 3.20. The highest BCUT2D eigenvalue weighted by molar-refractivity contribution is 5.64. The minimum absolute atomic E-state index is 0.518. The molecule has 0 aliphatic heterocycles. The standard InChI is InChI=1S/C20H28N4/c1-2-3-9-14-21-19-15-18(16-10-5-4-6-11-16)23-20(24-19)22-17-12-7-8-13-17/h4-6,10-11,15,17H,2-3,7-9,12-14H2,1H3,(H2,21,22,23,24). The third kappa shape index (κ3) is 4.70. The number of nitrogens with zero attached hydrogens (tertiary/aromatic N) is 2. The maximum atomic E-state index is 4.75. The van der Waals surface area contributed by atoms with Crippen molar-refractivity contribution in [1.82, 2.24) is 9.97 Å². The lowest BCUT2D eigenvalue weighted by atomic mass is 10.1. The fourth-order valence-electron chi connectivity index (χ4n) is 3.20. The molecule has 24 heavy (non-hydrogen) atoms. The molecule has 0 amide bonds. The molecule has 2 N–H and O–H groups in total. The molecule has 1 aromatic carbocycles. The zero-order valence-corrected chi connectivity index (χ0v) is 14.6. The first kappa shape index (κ1) is 16.7. The summed E-state index contributed by atoms with van der Waals surface area (Å²) in [6.45, 7) is 3.18. The summed E-state index contributed by atoms with van der Waals surface area (Å²) in [5.41, 5.74) is 2.11. The maximum absolute atomic E-state index is 4.75. The second-order valence-electron chi connectivity index (χ2n) is 6.59. The molecule has 3 rings (SSSR count). The predicted molar refractivity (Wildman–Crippen MR) is 101 cm³/mol. The van der Waals surface area contributed by atoms with Crippen LogP contribution in [-0.4, -0.2) is 22.6 Å². The quantitative estimate of drug-likeness (QED) is 0.663. The van der Waals surface area contributed by atoms with Gasteiger partial charge in [-0.15, -0.1) is 0 Å². The molecule has 0 saturated heterocycles. The molecule has 4 nitrogen and oxygen atoms in total. The molecule has 2 aromatic rings. The number of benzene rings is 1. The molecule has 1 aliphatic carbocycles. The van der Waals surface area contributed by atoms with Crippen LogP contribution in [0.2, 0.25) is 0 Å². The average molecular weight is 324 g/mol. The van der Waals surface area contributed by atoms with E-state index in [0.29, 0.717) is 6.04 Å². The van der Waals surface area contributed by atoms with Gasteiger partial charge in [0, 0.05) is 24.2 Å². The van der Waals surface area contributed by atoms with Crippen LogP contribution in [0.1, 0.15) is 51.9 Å².